The normalized spacial score (nSPS) is 11.6. The molecule has 0 aliphatic heterocycles. The van der Waals surface area contributed by atoms with Crippen LogP contribution in [0.2, 0.25) is 0 Å². The fourth-order valence-corrected chi connectivity index (χ4v) is 4.63. The van der Waals surface area contributed by atoms with Crippen LogP contribution in [0.15, 0.2) is 62.3 Å². The SMILES string of the molecule is CC(C)OCCCn1c(SCc2cc(-c3cccs3)on2)nc2ccccc2c1=O. The summed E-state index contributed by atoms with van der Waals surface area (Å²) in [6.07, 6.45) is 0.924. The predicted octanol–water partition coefficient (Wildman–Crippen LogP) is 5.22. The van der Waals surface area contributed by atoms with Crippen molar-refractivity contribution >= 4 is 34.0 Å². The minimum Gasteiger partial charge on any atom is -0.379 e. The molecule has 156 valence electrons. The van der Waals surface area contributed by atoms with Gasteiger partial charge in [0.25, 0.3) is 5.56 Å². The van der Waals surface area contributed by atoms with Crippen molar-refractivity contribution in [3.05, 3.63) is 63.9 Å². The van der Waals surface area contributed by atoms with E-state index in [-0.39, 0.29) is 11.7 Å². The first-order chi connectivity index (χ1) is 14.6. The van der Waals surface area contributed by atoms with E-state index in [4.69, 9.17) is 14.2 Å². The van der Waals surface area contributed by atoms with Gasteiger partial charge in [0, 0.05) is 25.0 Å². The van der Waals surface area contributed by atoms with Crippen molar-refractivity contribution in [3.63, 3.8) is 0 Å². The third kappa shape index (κ3) is 4.83. The van der Waals surface area contributed by atoms with E-state index >= 15 is 0 Å². The smallest absolute Gasteiger partial charge is 0.262 e. The van der Waals surface area contributed by atoms with Crippen LogP contribution in [0.3, 0.4) is 0 Å². The van der Waals surface area contributed by atoms with Gasteiger partial charge in [-0.2, -0.15) is 0 Å². The zero-order valence-corrected chi connectivity index (χ0v) is 18.5. The van der Waals surface area contributed by atoms with Crippen LogP contribution in [-0.4, -0.2) is 27.4 Å². The molecule has 0 atom stereocenters. The van der Waals surface area contributed by atoms with Crippen molar-refractivity contribution in [2.75, 3.05) is 6.61 Å². The van der Waals surface area contributed by atoms with Crippen molar-refractivity contribution in [3.8, 4) is 10.6 Å². The van der Waals surface area contributed by atoms with Gasteiger partial charge in [-0.05, 0) is 43.8 Å². The lowest BCUT2D eigenvalue weighted by Gasteiger charge is -2.13. The van der Waals surface area contributed by atoms with Crippen molar-refractivity contribution < 1.29 is 9.26 Å². The summed E-state index contributed by atoms with van der Waals surface area (Å²) in [4.78, 5) is 18.9. The van der Waals surface area contributed by atoms with Crippen LogP contribution >= 0.6 is 23.1 Å². The van der Waals surface area contributed by atoms with Gasteiger partial charge in [0.15, 0.2) is 10.9 Å². The second-order valence-electron chi connectivity index (χ2n) is 7.09. The molecule has 0 fully saturated rings. The number of ether oxygens (including phenoxy) is 1. The molecular formula is C22H23N3O3S2. The van der Waals surface area contributed by atoms with Gasteiger partial charge in [-0.1, -0.05) is 35.1 Å². The van der Waals surface area contributed by atoms with Gasteiger partial charge < -0.3 is 9.26 Å². The third-order valence-corrected chi connectivity index (χ3v) is 6.37. The highest BCUT2D eigenvalue weighted by Crippen LogP contribution is 2.28. The molecular weight excluding hydrogens is 418 g/mol. The Morgan fingerprint density at radius 3 is 2.90 bits per heavy atom. The van der Waals surface area contributed by atoms with Crippen LogP contribution < -0.4 is 5.56 Å². The van der Waals surface area contributed by atoms with Gasteiger partial charge in [0.2, 0.25) is 0 Å². The van der Waals surface area contributed by atoms with Crippen LogP contribution in [0, 0.1) is 0 Å². The molecule has 0 N–H and O–H groups in total. The van der Waals surface area contributed by atoms with E-state index in [0.717, 1.165) is 22.8 Å². The molecule has 0 aliphatic rings. The minimum absolute atomic E-state index is 0.0212. The first kappa shape index (κ1) is 20.8. The molecule has 0 bridgehead atoms. The Bertz CT molecular complexity index is 1170. The topological polar surface area (TPSA) is 70.2 Å². The van der Waals surface area contributed by atoms with E-state index in [0.29, 0.717) is 35.0 Å². The molecule has 30 heavy (non-hydrogen) atoms. The summed E-state index contributed by atoms with van der Waals surface area (Å²) in [6.45, 7) is 5.18. The highest BCUT2D eigenvalue weighted by molar-refractivity contribution is 7.98. The summed E-state index contributed by atoms with van der Waals surface area (Å²) in [6, 6.07) is 13.4. The molecule has 8 heteroatoms. The van der Waals surface area contributed by atoms with Crippen LogP contribution in [0.1, 0.15) is 26.0 Å². The lowest BCUT2D eigenvalue weighted by atomic mass is 10.2. The molecule has 1 aromatic carbocycles. The summed E-state index contributed by atoms with van der Waals surface area (Å²) < 4.78 is 12.8. The summed E-state index contributed by atoms with van der Waals surface area (Å²) in [5.74, 6) is 1.33. The Kier molecular flexibility index (Phi) is 6.66. The van der Waals surface area contributed by atoms with Gasteiger partial charge in [-0.15, -0.1) is 11.3 Å². The van der Waals surface area contributed by atoms with Crippen LogP contribution in [-0.2, 0) is 17.0 Å². The maximum absolute atomic E-state index is 13.1. The van der Waals surface area contributed by atoms with E-state index in [9.17, 15) is 4.79 Å². The fraction of sp³-hybridized carbons (Fsp3) is 0.318. The molecule has 0 radical (unpaired) electrons. The van der Waals surface area contributed by atoms with E-state index in [1.165, 1.54) is 11.8 Å². The predicted molar refractivity (Wildman–Crippen MR) is 121 cm³/mol. The van der Waals surface area contributed by atoms with Crippen molar-refractivity contribution in [1.29, 1.82) is 0 Å². The Morgan fingerprint density at radius 1 is 1.23 bits per heavy atom. The van der Waals surface area contributed by atoms with Crippen molar-refractivity contribution in [1.82, 2.24) is 14.7 Å². The summed E-state index contributed by atoms with van der Waals surface area (Å²) in [7, 11) is 0. The second-order valence-corrected chi connectivity index (χ2v) is 8.98. The molecule has 6 nitrogen and oxygen atoms in total. The standard InChI is InChI=1S/C22H23N3O3S2/c1-15(2)27-11-6-10-25-21(26)17-7-3-4-8-18(17)23-22(25)30-14-16-13-19(28-24-16)20-9-5-12-29-20/h3-5,7-9,12-13,15H,6,10-11,14H2,1-2H3. The van der Waals surface area contributed by atoms with Gasteiger partial charge in [-0.25, -0.2) is 4.98 Å². The Hall–Kier alpha value is -2.42. The molecule has 4 rings (SSSR count). The Balaban J connectivity index is 1.55. The van der Waals surface area contributed by atoms with Crippen molar-refractivity contribution in [2.45, 2.75) is 43.8 Å². The van der Waals surface area contributed by atoms with Gasteiger partial charge in [0.1, 0.15) is 0 Å². The quantitative estimate of drug-likeness (QED) is 0.201. The first-order valence-electron chi connectivity index (χ1n) is 9.85. The number of para-hydroxylation sites is 1. The number of hydrogen-bond donors (Lipinski definition) is 0. The average molecular weight is 442 g/mol. The zero-order valence-electron chi connectivity index (χ0n) is 16.9. The second kappa shape index (κ2) is 9.59. The minimum atomic E-state index is -0.0212. The maximum atomic E-state index is 13.1. The molecule has 0 amide bonds. The Morgan fingerprint density at radius 2 is 2.10 bits per heavy atom. The lowest BCUT2D eigenvalue weighted by Crippen LogP contribution is -2.24. The lowest BCUT2D eigenvalue weighted by molar-refractivity contribution is 0.0743. The summed E-state index contributed by atoms with van der Waals surface area (Å²) in [5, 5.41) is 7.50. The van der Waals surface area contributed by atoms with Gasteiger partial charge in [-0.3, -0.25) is 9.36 Å². The number of aromatic nitrogens is 3. The zero-order chi connectivity index (χ0) is 20.9. The number of fused-ring (bicyclic) bond motifs is 1. The molecule has 3 aromatic heterocycles. The number of thiophene rings is 1. The maximum Gasteiger partial charge on any atom is 0.262 e. The van der Waals surface area contributed by atoms with E-state index in [2.05, 4.69) is 5.16 Å². The number of nitrogens with zero attached hydrogens (tertiary/aromatic N) is 3. The van der Waals surface area contributed by atoms with E-state index in [1.54, 1.807) is 15.9 Å². The summed E-state index contributed by atoms with van der Waals surface area (Å²) >= 11 is 3.11. The molecule has 0 unspecified atom stereocenters. The molecule has 0 saturated heterocycles. The van der Waals surface area contributed by atoms with Crippen LogP contribution in [0.4, 0.5) is 0 Å². The molecule has 4 aromatic rings. The fourth-order valence-electron chi connectivity index (χ4n) is 3.05. The van der Waals surface area contributed by atoms with Gasteiger partial charge >= 0.3 is 0 Å². The highest BCUT2D eigenvalue weighted by atomic mass is 32.2. The summed E-state index contributed by atoms with van der Waals surface area (Å²) in [5.41, 5.74) is 1.51. The molecule has 0 saturated carbocycles. The van der Waals surface area contributed by atoms with Gasteiger partial charge in [0.05, 0.1) is 27.6 Å². The first-order valence-corrected chi connectivity index (χ1v) is 11.7. The average Bonchev–Trinajstić information content (AvgIpc) is 3.43. The largest absolute Gasteiger partial charge is 0.379 e. The highest BCUT2D eigenvalue weighted by Gasteiger charge is 2.14. The van der Waals surface area contributed by atoms with Crippen LogP contribution in [0.25, 0.3) is 21.5 Å². The van der Waals surface area contributed by atoms with Crippen molar-refractivity contribution in [2.24, 2.45) is 0 Å². The van der Waals surface area contributed by atoms with E-state index in [1.807, 2.05) is 61.7 Å². The molecule has 0 spiro atoms. The number of rotatable bonds is 9. The number of hydrogen-bond acceptors (Lipinski definition) is 7. The monoisotopic (exact) mass is 441 g/mol. The van der Waals surface area contributed by atoms with Crippen LogP contribution in [0.5, 0.6) is 0 Å². The molecule has 3 heterocycles. The Labute approximate surface area is 182 Å². The number of thioether (sulfide) groups is 1. The molecule has 0 aliphatic carbocycles. The van der Waals surface area contributed by atoms with E-state index < -0.39 is 0 Å². The number of benzene rings is 1. The third-order valence-electron chi connectivity index (χ3n) is 4.48.